The van der Waals surface area contributed by atoms with Gasteiger partial charge in [0.2, 0.25) is 0 Å². The minimum absolute atomic E-state index is 0.568. The van der Waals surface area contributed by atoms with Crippen LogP contribution in [-0.4, -0.2) is 26.6 Å². The minimum Gasteiger partial charge on any atom is -0.389 e. The normalized spacial score (nSPS) is 12.5. The molecule has 0 aromatic carbocycles. The van der Waals surface area contributed by atoms with Crippen molar-refractivity contribution < 1.29 is 5.11 Å². The van der Waals surface area contributed by atoms with Crippen LogP contribution < -0.4 is 5.32 Å². The van der Waals surface area contributed by atoms with Crippen molar-refractivity contribution >= 4 is 16.3 Å². The molecule has 0 aliphatic rings. The zero-order chi connectivity index (χ0) is 10.9. The van der Waals surface area contributed by atoms with Gasteiger partial charge in [0.1, 0.15) is 0 Å². The van der Waals surface area contributed by atoms with E-state index in [-0.39, 0.29) is 0 Å². The van der Waals surface area contributed by atoms with Gasteiger partial charge < -0.3 is 10.4 Å². The Labute approximate surface area is 92.6 Å². The van der Waals surface area contributed by atoms with E-state index in [1.54, 1.807) is 25.2 Å². The molecule has 4 nitrogen and oxygen atoms in total. The number of imidazole rings is 1. The SMILES string of the molecule is CC(C)(O)CNCc1cn2ccsc2n1. The molecule has 0 amide bonds. The third-order valence-electron chi connectivity index (χ3n) is 2.01. The third kappa shape index (κ3) is 2.77. The maximum Gasteiger partial charge on any atom is 0.193 e. The monoisotopic (exact) mass is 225 g/mol. The number of fused-ring (bicyclic) bond motifs is 1. The van der Waals surface area contributed by atoms with Crippen molar-refractivity contribution in [3.63, 3.8) is 0 Å². The van der Waals surface area contributed by atoms with E-state index in [0.717, 1.165) is 10.7 Å². The van der Waals surface area contributed by atoms with Crippen molar-refractivity contribution in [2.24, 2.45) is 0 Å². The highest BCUT2D eigenvalue weighted by atomic mass is 32.1. The molecule has 0 atom stereocenters. The number of nitrogens with zero attached hydrogens (tertiary/aromatic N) is 2. The van der Waals surface area contributed by atoms with Crippen LogP contribution in [0.5, 0.6) is 0 Å². The van der Waals surface area contributed by atoms with Gasteiger partial charge in [-0.25, -0.2) is 4.98 Å². The molecular weight excluding hydrogens is 210 g/mol. The molecule has 15 heavy (non-hydrogen) atoms. The molecule has 2 rings (SSSR count). The Hall–Kier alpha value is -0.910. The lowest BCUT2D eigenvalue weighted by Gasteiger charge is -2.16. The molecular formula is C10H15N3OS. The molecule has 5 heteroatoms. The average molecular weight is 225 g/mol. The third-order valence-corrected chi connectivity index (χ3v) is 2.78. The van der Waals surface area contributed by atoms with Crippen molar-refractivity contribution in [1.29, 1.82) is 0 Å². The molecule has 0 unspecified atom stereocenters. The molecule has 0 spiro atoms. The molecule has 0 aliphatic heterocycles. The fraction of sp³-hybridized carbons (Fsp3) is 0.500. The summed E-state index contributed by atoms with van der Waals surface area (Å²) in [6, 6.07) is 0. The van der Waals surface area contributed by atoms with Crippen LogP contribution >= 0.6 is 11.3 Å². The summed E-state index contributed by atoms with van der Waals surface area (Å²) in [5, 5.41) is 14.7. The maximum absolute atomic E-state index is 9.51. The Balaban J connectivity index is 1.93. The van der Waals surface area contributed by atoms with Gasteiger partial charge in [0.15, 0.2) is 4.96 Å². The second-order valence-electron chi connectivity index (χ2n) is 4.24. The first kappa shape index (κ1) is 10.6. The molecule has 2 aromatic rings. The van der Waals surface area contributed by atoms with E-state index in [2.05, 4.69) is 10.3 Å². The van der Waals surface area contributed by atoms with E-state index < -0.39 is 5.60 Å². The molecule has 2 aromatic heterocycles. The largest absolute Gasteiger partial charge is 0.389 e. The number of hydrogen-bond donors (Lipinski definition) is 2. The van der Waals surface area contributed by atoms with Crippen LogP contribution in [0.15, 0.2) is 17.8 Å². The highest BCUT2D eigenvalue weighted by Crippen LogP contribution is 2.11. The van der Waals surface area contributed by atoms with E-state index in [4.69, 9.17) is 0 Å². The van der Waals surface area contributed by atoms with Crippen molar-refractivity contribution in [1.82, 2.24) is 14.7 Å². The molecule has 0 saturated heterocycles. The molecule has 0 saturated carbocycles. The Morgan fingerprint density at radius 2 is 2.40 bits per heavy atom. The lowest BCUT2D eigenvalue weighted by atomic mass is 10.1. The van der Waals surface area contributed by atoms with Crippen molar-refractivity contribution in [3.8, 4) is 0 Å². The van der Waals surface area contributed by atoms with Crippen LogP contribution in [-0.2, 0) is 6.54 Å². The molecule has 0 bridgehead atoms. The molecule has 0 radical (unpaired) electrons. The maximum atomic E-state index is 9.51. The lowest BCUT2D eigenvalue weighted by Crippen LogP contribution is -2.34. The standard InChI is InChI=1S/C10H15N3OS/c1-10(2,14)7-11-5-8-6-13-3-4-15-9(13)12-8/h3-4,6,11,14H,5,7H2,1-2H3. The highest BCUT2D eigenvalue weighted by Gasteiger charge is 2.11. The van der Waals surface area contributed by atoms with E-state index >= 15 is 0 Å². The molecule has 0 aliphatic carbocycles. The summed E-state index contributed by atoms with van der Waals surface area (Å²) in [6.07, 6.45) is 4.00. The fourth-order valence-corrected chi connectivity index (χ4v) is 2.08. The first-order chi connectivity index (χ1) is 7.04. The first-order valence-corrected chi connectivity index (χ1v) is 5.77. The van der Waals surface area contributed by atoms with Gasteiger partial charge >= 0.3 is 0 Å². The van der Waals surface area contributed by atoms with E-state index in [1.165, 1.54) is 0 Å². The number of nitrogens with one attached hydrogen (secondary N) is 1. The van der Waals surface area contributed by atoms with Gasteiger partial charge in [0.05, 0.1) is 11.3 Å². The number of thiazole rings is 1. The summed E-state index contributed by atoms with van der Waals surface area (Å²) >= 11 is 1.62. The van der Waals surface area contributed by atoms with Crippen LogP contribution in [0.1, 0.15) is 19.5 Å². The Morgan fingerprint density at radius 3 is 3.07 bits per heavy atom. The van der Waals surface area contributed by atoms with E-state index in [0.29, 0.717) is 13.1 Å². The van der Waals surface area contributed by atoms with E-state index in [1.807, 2.05) is 22.2 Å². The molecule has 2 heterocycles. The number of hydrogen-bond acceptors (Lipinski definition) is 4. The summed E-state index contributed by atoms with van der Waals surface area (Å²) in [5.41, 5.74) is 0.336. The van der Waals surface area contributed by atoms with Gasteiger partial charge in [-0.3, -0.25) is 4.40 Å². The van der Waals surface area contributed by atoms with Crippen molar-refractivity contribution in [3.05, 3.63) is 23.5 Å². The quantitative estimate of drug-likeness (QED) is 0.823. The van der Waals surface area contributed by atoms with Crippen LogP contribution in [0.3, 0.4) is 0 Å². The number of aromatic nitrogens is 2. The molecule has 82 valence electrons. The fourth-order valence-electron chi connectivity index (χ4n) is 1.36. The topological polar surface area (TPSA) is 49.6 Å². The minimum atomic E-state index is -0.670. The second kappa shape index (κ2) is 3.92. The van der Waals surface area contributed by atoms with Crippen LogP contribution in [0.25, 0.3) is 4.96 Å². The zero-order valence-corrected chi connectivity index (χ0v) is 9.71. The van der Waals surface area contributed by atoms with Gasteiger partial charge in [0.25, 0.3) is 0 Å². The van der Waals surface area contributed by atoms with Gasteiger partial charge in [-0.05, 0) is 13.8 Å². The highest BCUT2D eigenvalue weighted by molar-refractivity contribution is 7.15. The Morgan fingerprint density at radius 1 is 1.60 bits per heavy atom. The summed E-state index contributed by atoms with van der Waals surface area (Å²) in [6.45, 7) is 4.83. The average Bonchev–Trinajstić information content (AvgIpc) is 2.60. The Bertz CT molecular complexity index is 412. The zero-order valence-electron chi connectivity index (χ0n) is 8.90. The summed E-state index contributed by atoms with van der Waals surface area (Å²) in [4.78, 5) is 5.44. The van der Waals surface area contributed by atoms with Gasteiger partial charge in [-0.2, -0.15) is 0 Å². The summed E-state index contributed by atoms with van der Waals surface area (Å²) < 4.78 is 2.01. The number of aliphatic hydroxyl groups is 1. The van der Waals surface area contributed by atoms with Crippen LogP contribution in [0.4, 0.5) is 0 Å². The van der Waals surface area contributed by atoms with Gasteiger partial charge in [-0.1, -0.05) is 0 Å². The van der Waals surface area contributed by atoms with Crippen molar-refractivity contribution in [2.75, 3.05) is 6.54 Å². The Kier molecular flexibility index (Phi) is 2.77. The molecule has 0 fully saturated rings. The van der Waals surface area contributed by atoms with Crippen molar-refractivity contribution in [2.45, 2.75) is 26.0 Å². The van der Waals surface area contributed by atoms with Gasteiger partial charge in [-0.15, -0.1) is 11.3 Å². The van der Waals surface area contributed by atoms with Crippen LogP contribution in [0.2, 0.25) is 0 Å². The predicted molar refractivity (Wildman–Crippen MR) is 61.1 cm³/mol. The summed E-state index contributed by atoms with van der Waals surface area (Å²) in [7, 11) is 0. The molecule has 2 N–H and O–H groups in total. The first-order valence-electron chi connectivity index (χ1n) is 4.89. The van der Waals surface area contributed by atoms with E-state index in [9.17, 15) is 5.11 Å². The smallest absolute Gasteiger partial charge is 0.193 e. The van der Waals surface area contributed by atoms with Gasteiger partial charge in [0, 0.05) is 30.9 Å². The number of rotatable bonds is 4. The van der Waals surface area contributed by atoms with Crippen LogP contribution in [0, 0.1) is 0 Å². The predicted octanol–water partition coefficient (Wildman–Crippen LogP) is 1.26. The summed E-state index contributed by atoms with van der Waals surface area (Å²) in [5.74, 6) is 0. The lowest BCUT2D eigenvalue weighted by molar-refractivity contribution is 0.0794. The second-order valence-corrected chi connectivity index (χ2v) is 5.11.